The Kier molecular flexibility index (Phi) is 2.33. The lowest BCUT2D eigenvalue weighted by Crippen LogP contribution is -2.36. The number of rotatable bonds is 2. The molecule has 1 fully saturated rings. The van der Waals surface area contributed by atoms with Gasteiger partial charge >= 0.3 is 0 Å². The number of carbonyl (C=O) groups is 1. The Morgan fingerprint density at radius 3 is 1.92 bits per heavy atom. The highest BCUT2D eigenvalue weighted by molar-refractivity contribution is 5.87. The van der Waals surface area contributed by atoms with Gasteiger partial charge in [0.05, 0.1) is 0 Å². The number of carbonyl (C=O) groups excluding carboxylic acids is 1. The second kappa shape index (κ2) is 2.86. The number of hydrogen-bond donors (Lipinski definition) is 0. The quantitative estimate of drug-likeness (QED) is 0.619. The largest absolute Gasteiger partial charge is 0.299 e. The van der Waals surface area contributed by atoms with Gasteiger partial charge in [-0.2, -0.15) is 0 Å². The van der Waals surface area contributed by atoms with Crippen LogP contribution in [0.25, 0.3) is 0 Å². The molecule has 0 saturated heterocycles. The summed E-state index contributed by atoms with van der Waals surface area (Å²) in [4.78, 5) is 11.8. The van der Waals surface area contributed by atoms with Crippen molar-refractivity contribution >= 4 is 5.78 Å². The Bertz CT molecular complexity index is 187. The lowest BCUT2D eigenvalue weighted by molar-refractivity contribution is -0.129. The minimum absolute atomic E-state index is 0.00694. The molecule has 0 spiro atoms. The molecule has 12 heavy (non-hydrogen) atoms. The van der Waals surface area contributed by atoms with Crippen LogP contribution in [0.5, 0.6) is 0 Å². The Morgan fingerprint density at radius 1 is 1.25 bits per heavy atom. The first-order valence-electron chi connectivity index (χ1n) is 5.03. The van der Waals surface area contributed by atoms with Gasteiger partial charge in [0.2, 0.25) is 0 Å². The van der Waals surface area contributed by atoms with Gasteiger partial charge in [0.15, 0.2) is 0 Å². The molecule has 0 aromatic heterocycles. The van der Waals surface area contributed by atoms with Gasteiger partial charge in [-0.1, -0.05) is 27.7 Å². The predicted molar refractivity (Wildman–Crippen MR) is 51.0 cm³/mol. The maximum Gasteiger partial charge on any atom is 0.139 e. The third kappa shape index (κ3) is 1.02. The molecule has 1 aliphatic rings. The van der Waals surface area contributed by atoms with Gasteiger partial charge in [0.25, 0.3) is 0 Å². The van der Waals surface area contributed by atoms with Crippen LogP contribution in [-0.4, -0.2) is 5.78 Å². The summed E-state index contributed by atoms with van der Waals surface area (Å²) in [6.07, 6.45) is 3.90. The maximum absolute atomic E-state index is 11.8. The highest BCUT2D eigenvalue weighted by Crippen LogP contribution is 2.54. The molecule has 1 nitrogen and oxygen atoms in total. The number of Topliss-reactive ketones (excluding diaryl/α,β-unsaturated/α-hetero) is 1. The molecule has 0 aromatic carbocycles. The fraction of sp³-hybridized carbons (Fsp3) is 0.909. The van der Waals surface area contributed by atoms with Crippen molar-refractivity contribution in [1.82, 2.24) is 0 Å². The smallest absolute Gasteiger partial charge is 0.139 e. The molecule has 1 aliphatic carbocycles. The van der Waals surface area contributed by atoms with Crippen LogP contribution in [0, 0.1) is 10.8 Å². The summed E-state index contributed by atoms with van der Waals surface area (Å²) < 4.78 is 0. The van der Waals surface area contributed by atoms with Crippen molar-refractivity contribution in [3.8, 4) is 0 Å². The van der Waals surface area contributed by atoms with E-state index in [2.05, 4.69) is 27.7 Å². The van der Waals surface area contributed by atoms with E-state index >= 15 is 0 Å². The van der Waals surface area contributed by atoms with E-state index in [9.17, 15) is 4.79 Å². The fourth-order valence-corrected chi connectivity index (χ4v) is 2.88. The minimum Gasteiger partial charge on any atom is -0.299 e. The van der Waals surface area contributed by atoms with Crippen LogP contribution in [0.2, 0.25) is 0 Å². The van der Waals surface area contributed by atoms with E-state index < -0.39 is 0 Å². The lowest BCUT2D eigenvalue weighted by atomic mass is 9.64. The first-order chi connectivity index (χ1) is 5.50. The Hall–Kier alpha value is -0.330. The first kappa shape index (κ1) is 9.76. The fourth-order valence-electron chi connectivity index (χ4n) is 2.88. The van der Waals surface area contributed by atoms with Crippen LogP contribution in [0.3, 0.4) is 0 Å². The van der Waals surface area contributed by atoms with E-state index in [1.54, 1.807) is 0 Å². The van der Waals surface area contributed by atoms with Crippen LogP contribution in [0.1, 0.15) is 53.4 Å². The van der Waals surface area contributed by atoms with E-state index in [4.69, 9.17) is 0 Å². The average Bonchev–Trinajstić information content (AvgIpc) is 2.24. The first-order valence-corrected chi connectivity index (χ1v) is 5.03. The van der Waals surface area contributed by atoms with Crippen molar-refractivity contribution in [3.05, 3.63) is 0 Å². The van der Waals surface area contributed by atoms with Gasteiger partial charge < -0.3 is 0 Å². The molecule has 1 heteroatoms. The van der Waals surface area contributed by atoms with E-state index in [0.717, 1.165) is 25.7 Å². The Labute approximate surface area is 75.5 Å². The number of hydrogen-bond acceptors (Lipinski definition) is 1. The normalized spacial score (nSPS) is 26.2. The Morgan fingerprint density at radius 2 is 1.75 bits per heavy atom. The van der Waals surface area contributed by atoms with Crippen molar-refractivity contribution in [2.75, 3.05) is 0 Å². The molecule has 1 saturated carbocycles. The topological polar surface area (TPSA) is 17.1 Å². The van der Waals surface area contributed by atoms with E-state index in [0.29, 0.717) is 5.78 Å². The zero-order valence-corrected chi connectivity index (χ0v) is 8.74. The maximum atomic E-state index is 11.8. The molecule has 0 amide bonds. The molecule has 0 N–H and O–H groups in total. The standard InChI is InChI=1S/C11H20O/c1-5-11(6-2)9(12)7-8-10(11,3)4/h5-8H2,1-4H3. The highest BCUT2D eigenvalue weighted by atomic mass is 16.1. The second-order valence-corrected chi connectivity index (χ2v) is 4.60. The van der Waals surface area contributed by atoms with E-state index in [-0.39, 0.29) is 10.8 Å². The van der Waals surface area contributed by atoms with Gasteiger partial charge in [-0.15, -0.1) is 0 Å². The molecular formula is C11H20O. The third-order valence-electron chi connectivity index (χ3n) is 4.01. The van der Waals surface area contributed by atoms with Crippen LogP contribution in [0.4, 0.5) is 0 Å². The molecule has 0 radical (unpaired) electrons. The van der Waals surface area contributed by atoms with Gasteiger partial charge in [-0.3, -0.25) is 4.79 Å². The van der Waals surface area contributed by atoms with Gasteiger partial charge in [-0.25, -0.2) is 0 Å². The summed E-state index contributed by atoms with van der Waals surface area (Å²) >= 11 is 0. The molecule has 0 bridgehead atoms. The van der Waals surface area contributed by atoms with Crippen molar-refractivity contribution in [3.63, 3.8) is 0 Å². The molecule has 0 aliphatic heterocycles. The van der Waals surface area contributed by atoms with Crippen LogP contribution < -0.4 is 0 Å². The summed E-state index contributed by atoms with van der Waals surface area (Å²) in [5.41, 5.74) is 0.223. The summed E-state index contributed by atoms with van der Waals surface area (Å²) in [6.45, 7) is 8.78. The zero-order chi connectivity index (χ0) is 9.41. The van der Waals surface area contributed by atoms with Gasteiger partial charge in [-0.05, 0) is 24.7 Å². The molecule has 70 valence electrons. The minimum atomic E-state index is -0.00694. The summed E-state index contributed by atoms with van der Waals surface area (Å²) in [6, 6.07) is 0. The third-order valence-corrected chi connectivity index (χ3v) is 4.01. The molecular weight excluding hydrogens is 148 g/mol. The second-order valence-electron chi connectivity index (χ2n) is 4.60. The van der Waals surface area contributed by atoms with Gasteiger partial charge in [0, 0.05) is 11.8 Å². The Balaban J connectivity index is 3.03. The summed E-state index contributed by atoms with van der Waals surface area (Å²) in [5.74, 6) is 0.498. The van der Waals surface area contributed by atoms with Crippen molar-refractivity contribution in [2.24, 2.45) is 10.8 Å². The van der Waals surface area contributed by atoms with E-state index in [1.165, 1.54) is 0 Å². The summed E-state index contributed by atoms with van der Waals surface area (Å²) in [7, 11) is 0. The van der Waals surface area contributed by atoms with Crippen LogP contribution in [0.15, 0.2) is 0 Å². The van der Waals surface area contributed by atoms with Crippen molar-refractivity contribution in [2.45, 2.75) is 53.4 Å². The predicted octanol–water partition coefficient (Wildman–Crippen LogP) is 3.18. The zero-order valence-electron chi connectivity index (χ0n) is 8.74. The van der Waals surface area contributed by atoms with Gasteiger partial charge in [0.1, 0.15) is 5.78 Å². The molecule has 0 heterocycles. The van der Waals surface area contributed by atoms with Crippen molar-refractivity contribution < 1.29 is 4.79 Å². The average molecular weight is 168 g/mol. The lowest BCUT2D eigenvalue weighted by Gasteiger charge is -2.38. The SMILES string of the molecule is CCC1(CC)C(=O)CCC1(C)C. The molecule has 0 unspecified atom stereocenters. The summed E-state index contributed by atoms with van der Waals surface area (Å²) in [5, 5.41) is 0. The number of ketones is 1. The highest BCUT2D eigenvalue weighted by Gasteiger charge is 2.51. The molecule has 1 rings (SSSR count). The van der Waals surface area contributed by atoms with Crippen molar-refractivity contribution in [1.29, 1.82) is 0 Å². The van der Waals surface area contributed by atoms with Crippen LogP contribution in [-0.2, 0) is 4.79 Å². The van der Waals surface area contributed by atoms with E-state index in [1.807, 2.05) is 0 Å². The monoisotopic (exact) mass is 168 g/mol. The molecule has 0 atom stereocenters. The molecule has 0 aromatic rings. The van der Waals surface area contributed by atoms with Crippen LogP contribution >= 0.6 is 0 Å².